The number of sulfonamides is 1. The van der Waals surface area contributed by atoms with Gasteiger partial charge in [0.05, 0.1) is 20.6 Å². The fraction of sp³-hybridized carbons (Fsp3) is 0.200. The molecule has 0 saturated heterocycles. The Kier molecular flexibility index (Phi) is 12.8. The summed E-state index contributed by atoms with van der Waals surface area (Å²) in [6.07, 6.45) is 0.189. The Labute approximate surface area is 309 Å². The van der Waals surface area contributed by atoms with Crippen LogP contribution in [0.2, 0.25) is 10.0 Å². The summed E-state index contributed by atoms with van der Waals surface area (Å²) in [5.41, 5.74) is 1.69. The number of amides is 2. The number of nitrogens with one attached hydrogen (secondary N) is 1. The zero-order chi connectivity index (χ0) is 36.4. The molecule has 2 amide bonds. The summed E-state index contributed by atoms with van der Waals surface area (Å²) in [4.78, 5) is 30.1. The Morgan fingerprint density at radius 1 is 0.725 bits per heavy atom. The third-order valence-corrected chi connectivity index (χ3v) is 10.5. The van der Waals surface area contributed by atoms with Gasteiger partial charge in [-0.3, -0.25) is 13.9 Å². The third-order valence-electron chi connectivity index (χ3n) is 8.01. The summed E-state index contributed by atoms with van der Waals surface area (Å²) in [5, 5.41) is 3.62. The van der Waals surface area contributed by atoms with Crippen molar-refractivity contribution in [2.24, 2.45) is 5.92 Å². The summed E-state index contributed by atoms with van der Waals surface area (Å²) in [6.45, 7) is 3.72. The molecule has 51 heavy (non-hydrogen) atoms. The lowest BCUT2D eigenvalue weighted by Gasteiger charge is -2.34. The van der Waals surface area contributed by atoms with Crippen LogP contribution >= 0.6 is 23.2 Å². The molecule has 1 atom stereocenters. The molecule has 0 fully saturated rings. The largest absolute Gasteiger partial charge is 0.457 e. The molecule has 0 saturated carbocycles. The molecule has 8 nitrogen and oxygen atoms in total. The molecule has 0 spiro atoms. The Bertz CT molecular complexity index is 2010. The molecule has 0 aliphatic carbocycles. The van der Waals surface area contributed by atoms with Gasteiger partial charge in [-0.25, -0.2) is 8.42 Å². The zero-order valence-electron chi connectivity index (χ0n) is 28.3. The lowest BCUT2D eigenvalue weighted by Crippen LogP contribution is -2.53. The number of hydrogen-bond acceptors (Lipinski definition) is 5. The molecule has 1 N–H and O–H groups in total. The maximum absolute atomic E-state index is 14.7. The van der Waals surface area contributed by atoms with Crippen molar-refractivity contribution in [3.63, 3.8) is 0 Å². The monoisotopic (exact) mass is 743 g/mol. The smallest absolute Gasteiger partial charge is 0.264 e. The van der Waals surface area contributed by atoms with Crippen LogP contribution in [-0.2, 0) is 32.6 Å². The topological polar surface area (TPSA) is 96.0 Å². The Hall–Kier alpha value is -4.83. The summed E-state index contributed by atoms with van der Waals surface area (Å²) in [7, 11) is -4.26. The van der Waals surface area contributed by atoms with Crippen molar-refractivity contribution in [2.75, 3.05) is 17.4 Å². The van der Waals surface area contributed by atoms with Crippen molar-refractivity contribution in [3.05, 3.63) is 155 Å². The quantitative estimate of drug-likeness (QED) is 0.116. The minimum atomic E-state index is -4.26. The number of nitrogens with zero attached hydrogens (tertiary/aromatic N) is 2. The normalized spacial score (nSPS) is 11.9. The van der Waals surface area contributed by atoms with Gasteiger partial charge in [0.1, 0.15) is 24.1 Å². The van der Waals surface area contributed by atoms with Crippen LogP contribution in [0.3, 0.4) is 0 Å². The Morgan fingerprint density at radius 2 is 1.31 bits per heavy atom. The Morgan fingerprint density at radius 3 is 1.92 bits per heavy atom. The van der Waals surface area contributed by atoms with Gasteiger partial charge in [0.25, 0.3) is 10.0 Å². The van der Waals surface area contributed by atoms with Crippen molar-refractivity contribution in [3.8, 4) is 11.5 Å². The van der Waals surface area contributed by atoms with E-state index in [0.717, 1.165) is 9.87 Å². The van der Waals surface area contributed by atoms with E-state index in [0.29, 0.717) is 28.6 Å². The molecule has 1 unspecified atom stereocenters. The van der Waals surface area contributed by atoms with Gasteiger partial charge in [-0.1, -0.05) is 110 Å². The molecule has 5 aromatic rings. The second-order valence-electron chi connectivity index (χ2n) is 12.3. The molecular weight excluding hydrogens is 705 g/mol. The van der Waals surface area contributed by atoms with Crippen LogP contribution < -0.4 is 14.4 Å². The van der Waals surface area contributed by atoms with Crippen molar-refractivity contribution in [2.45, 2.75) is 37.8 Å². The fourth-order valence-electron chi connectivity index (χ4n) is 5.36. The summed E-state index contributed by atoms with van der Waals surface area (Å²) in [5.74, 6) is 0.309. The first-order valence-electron chi connectivity index (χ1n) is 16.5. The number of halogens is 2. The molecule has 0 aromatic heterocycles. The lowest BCUT2D eigenvalue weighted by atomic mass is 10.0. The van der Waals surface area contributed by atoms with E-state index in [1.807, 2.05) is 74.5 Å². The molecule has 11 heteroatoms. The van der Waals surface area contributed by atoms with E-state index in [2.05, 4.69) is 5.32 Å². The van der Waals surface area contributed by atoms with Gasteiger partial charge >= 0.3 is 0 Å². The average molecular weight is 745 g/mol. The van der Waals surface area contributed by atoms with Gasteiger partial charge in [-0.15, -0.1) is 0 Å². The number of carbonyl (C=O) groups is 2. The number of ether oxygens (including phenoxy) is 1. The predicted molar refractivity (Wildman–Crippen MR) is 203 cm³/mol. The van der Waals surface area contributed by atoms with Crippen LogP contribution in [0.25, 0.3) is 0 Å². The highest BCUT2D eigenvalue weighted by molar-refractivity contribution is 7.92. The van der Waals surface area contributed by atoms with Crippen molar-refractivity contribution < 1.29 is 22.7 Å². The van der Waals surface area contributed by atoms with Crippen molar-refractivity contribution in [1.82, 2.24) is 10.2 Å². The number of benzene rings is 5. The second-order valence-corrected chi connectivity index (χ2v) is 15.0. The zero-order valence-corrected chi connectivity index (χ0v) is 30.6. The van der Waals surface area contributed by atoms with Gasteiger partial charge in [-0.2, -0.15) is 0 Å². The van der Waals surface area contributed by atoms with Gasteiger partial charge in [0.2, 0.25) is 11.8 Å². The van der Waals surface area contributed by atoms with E-state index in [1.54, 1.807) is 60.7 Å². The number of rotatable bonds is 15. The van der Waals surface area contributed by atoms with Gasteiger partial charge in [0.15, 0.2) is 0 Å². The van der Waals surface area contributed by atoms with Crippen molar-refractivity contribution >= 4 is 50.7 Å². The van der Waals surface area contributed by atoms with E-state index < -0.39 is 28.5 Å². The lowest BCUT2D eigenvalue weighted by molar-refractivity contribution is -0.140. The molecule has 5 rings (SSSR count). The summed E-state index contributed by atoms with van der Waals surface area (Å²) in [6, 6.07) is 36.9. The first-order chi connectivity index (χ1) is 24.5. The van der Waals surface area contributed by atoms with E-state index in [4.69, 9.17) is 27.9 Å². The van der Waals surface area contributed by atoms with Gasteiger partial charge in [0, 0.05) is 19.5 Å². The van der Waals surface area contributed by atoms with Gasteiger partial charge in [-0.05, 0) is 77.7 Å². The molecule has 0 radical (unpaired) electrons. The maximum Gasteiger partial charge on any atom is 0.264 e. The molecule has 5 aromatic carbocycles. The second kappa shape index (κ2) is 17.4. The highest BCUT2D eigenvalue weighted by Gasteiger charge is 2.34. The molecule has 264 valence electrons. The minimum absolute atomic E-state index is 0.00829. The number of hydrogen-bond donors (Lipinski definition) is 1. The van der Waals surface area contributed by atoms with Crippen LogP contribution in [0, 0.1) is 5.92 Å². The van der Waals surface area contributed by atoms with E-state index in [1.165, 1.54) is 17.0 Å². The predicted octanol–water partition coefficient (Wildman–Crippen LogP) is 8.39. The van der Waals surface area contributed by atoms with Crippen LogP contribution in [0.4, 0.5) is 5.69 Å². The third kappa shape index (κ3) is 10.1. The maximum atomic E-state index is 14.7. The molecular formula is C40H39Cl2N3O5S. The standard InChI is InChI=1S/C40H39Cl2N3O5S/c1-29(2)26-43-40(47)38(25-30-12-6-3-7-13-30)44(27-31-18-23-36(41)37(42)24-31)39(46)28-45(51(48,49)35-16-10-5-11-17-35)32-19-21-34(22-20-32)50-33-14-8-4-9-15-33/h3-24,29,38H,25-28H2,1-2H3,(H,43,47). The summed E-state index contributed by atoms with van der Waals surface area (Å²) >= 11 is 12.6. The van der Waals surface area contributed by atoms with E-state index >= 15 is 0 Å². The molecule has 0 heterocycles. The first-order valence-corrected chi connectivity index (χ1v) is 18.7. The SMILES string of the molecule is CC(C)CNC(=O)C(Cc1ccccc1)N(Cc1ccc(Cl)c(Cl)c1)C(=O)CN(c1ccc(Oc2ccccc2)cc1)S(=O)(=O)c1ccccc1. The molecule has 0 aliphatic heterocycles. The first kappa shape index (κ1) is 37.4. The van der Waals surface area contributed by atoms with Crippen LogP contribution in [0.1, 0.15) is 25.0 Å². The molecule has 0 bridgehead atoms. The van der Waals surface area contributed by atoms with Crippen LogP contribution in [0.15, 0.2) is 138 Å². The van der Waals surface area contributed by atoms with Crippen molar-refractivity contribution in [1.29, 1.82) is 0 Å². The Balaban J connectivity index is 1.56. The average Bonchev–Trinajstić information content (AvgIpc) is 3.14. The molecule has 0 aliphatic rings. The highest BCUT2D eigenvalue weighted by Crippen LogP contribution is 2.29. The number of anilines is 1. The summed E-state index contributed by atoms with van der Waals surface area (Å²) < 4.78 is 35.6. The minimum Gasteiger partial charge on any atom is -0.457 e. The van der Waals surface area contributed by atoms with E-state index in [9.17, 15) is 18.0 Å². The number of para-hydroxylation sites is 1. The van der Waals surface area contributed by atoms with Crippen LogP contribution in [0.5, 0.6) is 11.5 Å². The highest BCUT2D eigenvalue weighted by atomic mass is 35.5. The number of carbonyl (C=O) groups excluding carboxylic acids is 2. The van der Waals surface area contributed by atoms with E-state index in [-0.39, 0.29) is 40.4 Å². The fourth-order valence-corrected chi connectivity index (χ4v) is 7.12. The van der Waals surface area contributed by atoms with Crippen LogP contribution in [-0.4, -0.2) is 44.3 Å². The van der Waals surface area contributed by atoms with Gasteiger partial charge < -0.3 is 15.0 Å².